The summed E-state index contributed by atoms with van der Waals surface area (Å²) in [5, 5.41) is 8.61. The van der Waals surface area contributed by atoms with Gasteiger partial charge in [-0.1, -0.05) is 0 Å². The van der Waals surface area contributed by atoms with Crippen LogP contribution in [0.15, 0.2) is 11.7 Å². The molecule has 58 valence electrons. The highest BCUT2D eigenvalue weighted by atomic mass is 32.1. The Labute approximate surface area is 67.7 Å². The van der Waals surface area contributed by atoms with Crippen molar-refractivity contribution in [3.8, 4) is 0 Å². The van der Waals surface area contributed by atoms with E-state index < -0.39 is 5.97 Å². The summed E-state index contributed by atoms with van der Waals surface area (Å²) in [6, 6.07) is 0. The number of nitrogens with zero attached hydrogens (tertiary/aromatic N) is 1. The van der Waals surface area contributed by atoms with Crippen LogP contribution in [0.1, 0.15) is 17.2 Å². The van der Waals surface area contributed by atoms with Gasteiger partial charge in [0.25, 0.3) is 0 Å². The summed E-state index contributed by atoms with van der Waals surface area (Å²) in [7, 11) is 0. The minimum atomic E-state index is -0.677. The van der Waals surface area contributed by atoms with Gasteiger partial charge in [0.05, 0.1) is 11.4 Å². The fourth-order valence-electron chi connectivity index (χ4n) is 1.19. The van der Waals surface area contributed by atoms with E-state index in [4.69, 9.17) is 5.11 Å². The number of aromatic nitrogens is 1. The molecule has 1 N–H and O–H groups in total. The Morgan fingerprint density at radius 2 is 2.64 bits per heavy atom. The molecule has 0 aliphatic heterocycles. The number of carbonyl (C=O) groups is 1. The molecule has 4 heteroatoms. The Morgan fingerprint density at radius 3 is 3.09 bits per heavy atom. The van der Waals surface area contributed by atoms with Gasteiger partial charge < -0.3 is 5.11 Å². The second kappa shape index (κ2) is 2.30. The monoisotopic (exact) mass is 169 g/mol. The zero-order valence-corrected chi connectivity index (χ0v) is 6.54. The van der Waals surface area contributed by atoms with Crippen LogP contribution in [-0.4, -0.2) is 16.1 Å². The molecule has 0 spiro atoms. The van der Waals surface area contributed by atoms with Crippen molar-refractivity contribution in [1.82, 2.24) is 4.98 Å². The lowest BCUT2D eigenvalue weighted by atomic mass is 10.3. The molecule has 3 nitrogen and oxygen atoms in total. The Kier molecular flexibility index (Phi) is 1.42. The van der Waals surface area contributed by atoms with Gasteiger partial charge in [-0.25, -0.2) is 0 Å². The van der Waals surface area contributed by atoms with Crippen LogP contribution in [0.5, 0.6) is 0 Å². The van der Waals surface area contributed by atoms with Gasteiger partial charge in [0.1, 0.15) is 0 Å². The van der Waals surface area contributed by atoms with E-state index >= 15 is 0 Å². The lowest BCUT2D eigenvalue weighted by Crippen LogP contribution is -1.97. The fraction of sp³-hybridized carbons (Fsp3) is 0.429. The van der Waals surface area contributed by atoms with Gasteiger partial charge in [-0.15, -0.1) is 11.3 Å². The van der Waals surface area contributed by atoms with Crippen LogP contribution in [0.25, 0.3) is 0 Å². The van der Waals surface area contributed by atoms with Gasteiger partial charge in [0.15, 0.2) is 0 Å². The van der Waals surface area contributed by atoms with E-state index in [1.807, 2.05) is 0 Å². The van der Waals surface area contributed by atoms with Crippen LogP contribution in [0.2, 0.25) is 0 Å². The van der Waals surface area contributed by atoms with E-state index in [-0.39, 0.29) is 11.8 Å². The molecule has 1 fully saturated rings. The summed E-state index contributed by atoms with van der Waals surface area (Å²) in [6.45, 7) is 0. The molecule has 2 unspecified atom stereocenters. The molecule has 1 aliphatic rings. The maximum Gasteiger partial charge on any atom is 0.307 e. The number of thiazole rings is 1. The first-order chi connectivity index (χ1) is 5.29. The van der Waals surface area contributed by atoms with Crippen molar-refractivity contribution in [3.05, 3.63) is 16.6 Å². The Bertz CT molecular complexity index is 270. The molecule has 2 atom stereocenters. The predicted octanol–water partition coefficient (Wildman–Crippen LogP) is 1.33. The van der Waals surface area contributed by atoms with Crippen LogP contribution in [-0.2, 0) is 4.79 Å². The second-order valence-electron chi connectivity index (χ2n) is 2.69. The first-order valence-corrected chi connectivity index (χ1v) is 4.28. The molecule has 1 saturated carbocycles. The van der Waals surface area contributed by atoms with Crippen molar-refractivity contribution in [3.63, 3.8) is 0 Å². The molecule has 11 heavy (non-hydrogen) atoms. The van der Waals surface area contributed by atoms with Crippen LogP contribution in [0.3, 0.4) is 0 Å². The molecule has 0 saturated heterocycles. The molecule has 2 rings (SSSR count). The maximum absolute atomic E-state index is 10.5. The number of hydrogen-bond donors (Lipinski definition) is 1. The number of carboxylic acid groups (broad SMARTS) is 1. The third-order valence-corrected chi connectivity index (χ3v) is 2.83. The first-order valence-electron chi connectivity index (χ1n) is 3.40. The third-order valence-electron chi connectivity index (χ3n) is 1.92. The summed E-state index contributed by atoms with van der Waals surface area (Å²) >= 11 is 1.54. The van der Waals surface area contributed by atoms with E-state index in [9.17, 15) is 4.79 Å². The summed E-state index contributed by atoms with van der Waals surface area (Å²) in [5.41, 5.74) is 1.74. The second-order valence-corrected chi connectivity index (χ2v) is 3.61. The van der Waals surface area contributed by atoms with E-state index in [0.717, 1.165) is 11.3 Å². The average molecular weight is 169 g/mol. The normalized spacial score (nSPS) is 28.4. The first kappa shape index (κ1) is 6.79. The van der Waals surface area contributed by atoms with Crippen molar-refractivity contribution in [2.24, 2.45) is 5.92 Å². The van der Waals surface area contributed by atoms with Gasteiger partial charge in [-0.2, -0.15) is 0 Å². The lowest BCUT2D eigenvalue weighted by Gasteiger charge is -1.87. The van der Waals surface area contributed by atoms with Crippen LogP contribution in [0.4, 0.5) is 0 Å². The zero-order valence-electron chi connectivity index (χ0n) is 5.73. The molecule has 1 heterocycles. The molecule has 0 aromatic carbocycles. The molecule has 0 amide bonds. The largest absolute Gasteiger partial charge is 0.481 e. The molecule has 1 aromatic rings. The van der Waals surface area contributed by atoms with Crippen LogP contribution >= 0.6 is 11.3 Å². The van der Waals surface area contributed by atoms with Gasteiger partial charge in [0, 0.05) is 17.0 Å². The van der Waals surface area contributed by atoms with Crippen molar-refractivity contribution >= 4 is 17.3 Å². The van der Waals surface area contributed by atoms with Gasteiger partial charge in [0.2, 0.25) is 0 Å². The van der Waals surface area contributed by atoms with Crippen molar-refractivity contribution in [2.45, 2.75) is 12.3 Å². The van der Waals surface area contributed by atoms with E-state index in [2.05, 4.69) is 4.98 Å². The summed E-state index contributed by atoms with van der Waals surface area (Å²) in [4.78, 5) is 15.5. The summed E-state index contributed by atoms with van der Waals surface area (Å²) in [5.74, 6) is -0.571. The van der Waals surface area contributed by atoms with Crippen LogP contribution < -0.4 is 0 Å². The SMILES string of the molecule is O=C(O)C1CC1c1cncs1. The third kappa shape index (κ3) is 1.14. The van der Waals surface area contributed by atoms with Crippen molar-refractivity contribution in [2.75, 3.05) is 0 Å². The van der Waals surface area contributed by atoms with E-state index in [0.29, 0.717) is 0 Å². The predicted molar refractivity (Wildman–Crippen MR) is 40.6 cm³/mol. The highest BCUT2D eigenvalue weighted by Crippen LogP contribution is 2.48. The minimum Gasteiger partial charge on any atom is -0.481 e. The van der Waals surface area contributed by atoms with E-state index in [1.54, 1.807) is 23.0 Å². The molecular weight excluding hydrogens is 162 g/mol. The molecular formula is C7H7NO2S. The topological polar surface area (TPSA) is 50.2 Å². The maximum atomic E-state index is 10.5. The Balaban J connectivity index is 2.08. The quantitative estimate of drug-likeness (QED) is 0.726. The number of carboxylic acids is 1. The van der Waals surface area contributed by atoms with Crippen molar-refractivity contribution in [1.29, 1.82) is 0 Å². The summed E-state index contributed by atoms with van der Waals surface area (Å²) in [6.07, 6.45) is 2.55. The zero-order chi connectivity index (χ0) is 7.84. The number of aliphatic carboxylic acids is 1. The fourth-order valence-corrected chi connectivity index (χ4v) is 1.99. The Hall–Kier alpha value is -0.900. The van der Waals surface area contributed by atoms with Gasteiger partial charge in [-0.05, 0) is 6.42 Å². The molecule has 1 aliphatic carbocycles. The highest BCUT2D eigenvalue weighted by Gasteiger charge is 2.44. The smallest absolute Gasteiger partial charge is 0.307 e. The highest BCUT2D eigenvalue weighted by molar-refractivity contribution is 7.09. The van der Waals surface area contributed by atoms with Crippen LogP contribution in [0, 0.1) is 5.92 Å². The van der Waals surface area contributed by atoms with Gasteiger partial charge >= 0.3 is 5.97 Å². The standard InChI is InChI=1S/C7H7NO2S/c9-7(10)5-1-4(5)6-2-8-3-11-6/h2-5H,1H2,(H,9,10). The summed E-state index contributed by atoms with van der Waals surface area (Å²) < 4.78 is 0. The molecule has 0 radical (unpaired) electrons. The van der Waals surface area contributed by atoms with E-state index in [1.165, 1.54) is 0 Å². The Morgan fingerprint density at radius 1 is 1.82 bits per heavy atom. The number of rotatable bonds is 2. The molecule has 1 aromatic heterocycles. The lowest BCUT2D eigenvalue weighted by molar-refractivity contribution is -0.138. The molecule has 0 bridgehead atoms. The number of hydrogen-bond acceptors (Lipinski definition) is 3. The van der Waals surface area contributed by atoms with Gasteiger partial charge in [-0.3, -0.25) is 9.78 Å². The van der Waals surface area contributed by atoms with Crippen molar-refractivity contribution < 1.29 is 9.90 Å². The average Bonchev–Trinajstić information content (AvgIpc) is 2.60. The minimum absolute atomic E-state index is 0.143.